The zero-order valence-electron chi connectivity index (χ0n) is 18.7. The molecule has 1 aromatic heterocycles. The lowest BCUT2D eigenvalue weighted by Crippen LogP contribution is -2.57. The first-order chi connectivity index (χ1) is 15.3. The predicted molar refractivity (Wildman–Crippen MR) is 120 cm³/mol. The van der Waals surface area contributed by atoms with E-state index in [-0.39, 0.29) is 22.9 Å². The van der Waals surface area contributed by atoms with Gasteiger partial charge in [0.05, 0.1) is 11.7 Å². The Morgan fingerprint density at radius 3 is 2.72 bits per heavy atom. The molecular formula is C26H32N2O4. The van der Waals surface area contributed by atoms with Crippen LogP contribution in [0.15, 0.2) is 34.2 Å². The average Bonchev–Trinajstić information content (AvgIpc) is 3.32. The van der Waals surface area contributed by atoms with Crippen LogP contribution in [0.3, 0.4) is 0 Å². The first kappa shape index (κ1) is 20.4. The number of amides is 1. The van der Waals surface area contributed by atoms with E-state index in [2.05, 4.69) is 11.9 Å². The fraction of sp³-hybridized carbons (Fsp3) is 0.615. The maximum Gasteiger partial charge on any atom is 0.261 e. The lowest BCUT2D eigenvalue weighted by molar-refractivity contribution is -0.101. The molecule has 1 saturated heterocycles. The van der Waals surface area contributed by atoms with E-state index in [9.17, 15) is 19.8 Å². The van der Waals surface area contributed by atoms with Crippen molar-refractivity contribution in [2.24, 2.45) is 17.3 Å². The van der Waals surface area contributed by atoms with Crippen molar-refractivity contribution in [3.8, 4) is 0 Å². The van der Waals surface area contributed by atoms with Crippen LogP contribution in [0.1, 0.15) is 67.1 Å². The van der Waals surface area contributed by atoms with E-state index in [1.165, 1.54) is 0 Å². The number of allylic oxidation sites excluding steroid dienone is 2. The number of aliphatic hydroxyl groups excluding tert-OH is 1. The van der Waals surface area contributed by atoms with Gasteiger partial charge in [-0.25, -0.2) is 0 Å². The van der Waals surface area contributed by atoms with Crippen LogP contribution >= 0.6 is 0 Å². The molecule has 2 saturated carbocycles. The van der Waals surface area contributed by atoms with E-state index in [1.54, 1.807) is 11.0 Å². The van der Waals surface area contributed by atoms with Gasteiger partial charge in [0.15, 0.2) is 0 Å². The summed E-state index contributed by atoms with van der Waals surface area (Å²) in [5.74, 6) is 0.529. The SMILES string of the molecule is CC1=C([C@@]23Cc4[nH]c(=O)c(C(=O)N5CCCC5)cc4C[C@@]2(O)[C@H]2CCC2C3)CC(O)C=C1. The number of H-pyrrole nitrogens is 1. The molecule has 5 aliphatic rings. The second kappa shape index (κ2) is 6.91. The number of pyridine rings is 1. The van der Waals surface area contributed by atoms with Crippen LogP contribution < -0.4 is 5.56 Å². The van der Waals surface area contributed by atoms with E-state index in [0.717, 1.165) is 54.5 Å². The van der Waals surface area contributed by atoms with Crippen molar-refractivity contribution in [1.29, 1.82) is 0 Å². The van der Waals surface area contributed by atoms with Gasteiger partial charge in [-0.2, -0.15) is 0 Å². The van der Waals surface area contributed by atoms with E-state index < -0.39 is 17.1 Å². The highest BCUT2D eigenvalue weighted by Gasteiger charge is 2.68. The Morgan fingerprint density at radius 1 is 1.22 bits per heavy atom. The van der Waals surface area contributed by atoms with E-state index in [1.807, 2.05) is 12.2 Å². The zero-order chi connectivity index (χ0) is 22.3. The number of carbonyl (C=O) groups excluding carboxylic acids is 1. The molecular weight excluding hydrogens is 404 g/mol. The van der Waals surface area contributed by atoms with Crippen LogP contribution in [0, 0.1) is 17.3 Å². The van der Waals surface area contributed by atoms with Gasteiger partial charge in [-0.15, -0.1) is 0 Å². The molecule has 170 valence electrons. The third-order valence-electron chi connectivity index (χ3n) is 9.28. The number of fused-ring (bicyclic) bond motifs is 4. The second-order valence-corrected chi connectivity index (χ2v) is 10.8. The summed E-state index contributed by atoms with van der Waals surface area (Å²) >= 11 is 0. The molecule has 2 heterocycles. The van der Waals surface area contributed by atoms with Gasteiger partial charge in [-0.05, 0) is 75.3 Å². The molecule has 1 aliphatic heterocycles. The number of aromatic amines is 1. The van der Waals surface area contributed by atoms with Crippen LogP contribution in [0.25, 0.3) is 0 Å². The molecule has 6 heteroatoms. The van der Waals surface area contributed by atoms with Gasteiger partial charge in [-0.1, -0.05) is 23.3 Å². The number of hydrogen-bond acceptors (Lipinski definition) is 4. The maximum absolute atomic E-state index is 13.0. The van der Waals surface area contributed by atoms with Crippen LogP contribution in [-0.4, -0.2) is 50.8 Å². The molecule has 2 unspecified atom stereocenters. The van der Waals surface area contributed by atoms with Gasteiger partial charge >= 0.3 is 0 Å². The number of rotatable bonds is 2. The summed E-state index contributed by atoms with van der Waals surface area (Å²) in [6.07, 6.45) is 9.84. The minimum atomic E-state index is -0.906. The number of nitrogens with one attached hydrogen (secondary N) is 1. The van der Waals surface area contributed by atoms with Crippen molar-refractivity contribution in [2.45, 2.75) is 70.0 Å². The zero-order valence-corrected chi connectivity index (χ0v) is 18.7. The van der Waals surface area contributed by atoms with Gasteiger partial charge in [0.1, 0.15) is 5.56 Å². The minimum absolute atomic E-state index is 0.192. The smallest absolute Gasteiger partial charge is 0.261 e. The van der Waals surface area contributed by atoms with Gasteiger partial charge in [0.25, 0.3) is 11.5 Å². The summed E-state index contributed by atoms with van der Waals surface area (Å²) in [7, 11) is 0. The van der Waals surface area contributed by atoms with Crippen molar-refractivity contribution in [3.05, 3.63) is 56.5 Å². The topological polar surface area (TPSA) is 93.6 Å². The molecule has 0 aromatic carbocycles. The Bertz CT molecular complexity index is 1110. The Labute approximate surface area is 188 Å². The first-order valence-electron chi connectivity index (χ1n) is 12.2. The first-order valence-corrected chi connectivity index (χ1v) is 12.2. The van der Waals surface area contributed by atoms with E-state index in [4.69, 9.17) is 0 Å². The highest BCUT2D eigenvalue weighted by Crippen LogP contribution is 2.68. The van der Waals surface area contributed by atoms with Crippen molar-refractivity contribution in [1.82, 2.24) is 9.88 Å². The summed E-state index contributed by atoms with van der Waals surface area (Å²) in [4.78, 5) is 30.8. The normalized spacial score (nSPS) is 37.7. The van der Waals surface area contributed by atoms with Crippen LogP contribution in [0.2, 0.25) is 0 Å². The van der Waals surface area contributed by atoms with Crippen LogP contribution in [-0.2, 0) is 12.8 Å². The number of likely N-dealkylation sites (tertiary alicyclic amines) is 1. The standard InChI is InChI=1S/C26H32N2O4/c1-15-4-6-18(29)11-21(15)25-12-16-5-7-20(16)26(25,32)13-17-10-19(23(30)27-22(17)14-25)24(31)28-8-2-3-9-28/h4,6,10,16,18,20,29,32H,2-3,5,7-9,11-14H2,1H3,(H,27,30)/t16?,18?,20-,25+,26+/m0/s1. The monoisotopic (exact) mass is 436 g/mol. The van der Waals surface area contributed by atoms with Gasteiger partial charge in [0.2, 0.25) is 0 Å². The lowest BCUT2D eigenvalue weighted by atomic mass is 9.56. The molecule has 0 bridgehead atoms. The summed E-state index contributed by atoms with van der Waals surface area (Å²) < 4.78 is 0. The molecule has 0 spiro atoms. The Balaban J connectivity index is 1.46. The molecule has 3 fully saturated rings. The number of aromatic nitrogens is 1. The fourth-order valence-electron chi connectivity index (χ4n) is 7.57. The molecule has 4 aliphatic carbocycles. The summed E-state index contributed by atoms with van der Waals surface area (Å²) in [6.45, 7) is 3.48. The van der Waals surface area contributed by atoms with Crippen molar-refractivity contribution < 1.29 is 15.0 Å². The fourth-order valence-corrected chi connectivity index (χ4v) is 7.57. The predicted octanol–water partition coefficient (Wildman–Crippen LogP) is 2.49. The third-order valence-corrected chi connectivity index (χ3v) is 9.28. The summed E-state index contributed by atoms with van der Waals surface area (Å²) in [6, 6.07) is 1.76. The molecule has 5 atom stereocenters. The van der Waals surface area contributed by atoms with Crippen LogP contribution in [0.5, 0.6) is 0 Å². The second-order valence-electron chi connectivity index (χ2n) is 10.8. The molecule has 3 N–H and O–H groups in total. The maximum atomic E-state index is 13.0. The average molecular weight is 437 g/mol. The Hall–Kier alpha value is -2.18. The molecule has 1 aromatic rings. The largest absolute Gasteiger partial charge is 0.389 e. The van der Waals surface area contributed by atoms with E-state index in [0.29, 0.717) is 38.3 Å². The van der Waals surface area contributed by atoms with Gasteiger partial charge < -0.3 is 20.1 Å². The molecule has 6 nitrogen and oxygen atoms in total. The number of hydrogen-bond donors (Lipinski definition) is 3. The van der Waals surface area contributed by atoms with Crippen molar-refractivity contribution in [3.63, 3.8) is 0 Å². The summed E-state index contributed by atoms with van der Waals surface area (Å²) in [5, 5.41) is 22.8. The van der Waals surface area contributed by atoms with Gasteiger partial charge in [-0.3, -0.25) is 9.59 Å². The highest BCUT2D eigenvalue weighted by atomic mass is 16.3. The summed E-state index contributed by atoms with van der Waals surface area (Å²) in [5.41, 5.74) is 2.54. The molecule has 1 amide bonds. The van der Waals surface area contributed by atoms with Crippen LogP contribution in [0.4, 0.5) is 0 Å². The van der Waals surface area contributed by atoms with Crippen molar-refractivity contribution in [2.75, 3.05) is 13.1 Å². The highest BCUT2D eigenvalue weighted by molar-refractivity contribution is 5.94. The third kappa shape index (κ3) is 2.65. The molecule has 0 radical (unpaired) electrons. The quantitative estimate of drug-likeness (QED) is 0.664. The Kier molecular flexibility index (Phi) is 4.41. The minimum Gasteiger partial charge on any atom is -0.389 e. The number of nitrogens with zero attached hydrogens (tertiary/aromatic N) is 1. The van der Waals surface area contributed by atoms with Gasteiger partial charge in [0, 0.05) is 30.6 Å². The van der Waals surface area contributed by atoms with Crippen molar-refractivity contribution >= 4 is 5.91 Å². The Morgan fingerprint density at radius 2 is 2.00 bits per heavy atom. The number of carbonyl (C=O) groups is 1. The lowest BCUT2D eigenvalue weighted by Gasteiger charge is -2.52. The molecule has 32 heavy (non-hydrogen) atoms. The molecule has 6 rings (SSSR count). The number of aliphatic hydroxyl groups is 2. The van der Waals surface area contributed by atoms with E-state index >= 15 is 0 Å².